The fourth-order valence-corrected chi connectivity index (χ4v) is 4.91. The number of hydrogen-bond donors (Lipinski definition) is 0. The molecule has 0 spiro atoms. The first-order valence-corrected chi connectivity index (χ1v) is 9.67. The minimum atomic E-state index is -0.513. The number of benzene rings is 2. The first kappa shape index (κ1) is 16.7. The second-order valence-corrected chi connectivity index (χ2v) is 8.12. The zero-order chi connectivity index (χ0) is 16.8. The predicted molar refractivity (Wildman–Crippen MR) is 101 cm³/mol. The normalized spacial score (nSPS) is 16.2. The molecule has 1 unspecified atom stereocenters. The molecule has 0 saturated carbocycles. The summed E-state index contributed by atoms with van der Waals surface area (Å²) in [5.74, 6) is -0.371. The molecule has 2 aromatic rings. The fraction of sp³-hybridized carbons (Fsp3) is 0.190. The van der Waals surface area contributed by atoms with Crippen LogP contribution in [0.4, 0.5) is 0 Å². The summed E-state index contributed by atoms with van der Waals surface area (Å²) >= 11 is 0. The zero-order valence-electron chi connectivity index (χ0n) is 13.8. The van der Waals surface area contributed by atoms with Crippen molar-refractivity contribution in [3.63, 3.8) is 0 Å². The van der Waals surface area contributed by atoms with Crippen LogP contribution in [-0.4, -0.2) is 18.7 Å². The van der Waals surface area contributed by atoms with Crippen molar-refractivity contribution in [2.45, 2.75) is 6.92 Å². The summed E-state index contributed by atoms with van der Waals surface area (Å²) in [6.07, 6.45) is 6.65. The van der Waals surface area contributed by atoms with E-state index >= 15 is 0 Å². The summed E-state index contributed by atoms with van der Waals surface area (Å²) in [5.41, 5.74) is 1.12. The van der Waals surface area contributed by atoms with Crippen LogP contribution in [0.15, 0.2) is 84.5 Å². The van der Waals surface area contributed by atoms with Crippen molar-refractivity contribution in [1.29, 1.82) is 0 Å². The van der Waals surface area contributed by atoms with Crippen LogP contribution in [0.2, 0.25) is 0 Å². The number of rotatable bonds is 6. The molecule has 0 fully saturated rings. The highest BCUT2D eigenvalue weighted by Gasteiger charge is 2.19. The summed E-state index contributed by atoms with van der Waals surface area (Å²) < 4.78 is 5.53. The summed E-state index contributed by atoms with van der Waals surface area (Å²) in [4.78, 5) is 12.1. The Labute approximate surface area is 144 Å². The molecular formula is C21H21O2P. The zero-order valence-corrected chi connectivity index (χ0v) is 14.7. The van der Waals surface area contributed by atoms with Gasteiger partial charge >= 0.3 is 5.97 Å². The maximum absolute atomic E-state index is 12.1. The average Bonchev–Trinajstić information content (AvgIpc) is 3.07. The first-order chi connectivity index (χ1) is 11.7. The topological polar surface area (TPSA) is 26.3 Å². The molecule has 24 heavy (non-hydrogen) atoms. The Morgan fingerprint density at radius 2 is 1.58 bits per heavy atom. The summed E-state index contributed by atoms with van der Waals surface area (Å²) in [6.45, 7) is 2.44. The van der Waals surface area contributed by atoms with Gasteiger partial charge in [0.05, 0.1) is 12.5 Å². The van der Waals surface area contributed by atoms with Crippen molar-refractivity contribution in [3.8, 4) is 0 Å². The minimum Gasteiger partial charge on any atom is -0.465 e. The highest BCUT2D eigenvalue weighted by molar-refractivity contribution is 7.73. The molecule has 1 atom stereocenters. The van der Waals surface area contributed by atoms with E-state index in [-0.39, 0.29) is 11.9 Å². The van der Waals surface area contributed by atoms with E-state index in [2.05, 4.69) is 48.5 Å². The van der Waals surface area contributed by atoms with Crippen LogP contribution >= 0.6 is 7.92 Å². The molecule has 0 heterocycles. The fourth-order valence-electron chi connectivity index (χ4n) is 2.75. The monoisotopic (exact) mass is 336 g/mol. The Bertz CT molecular complexity index is 695. The summed E-state index contributed by atoms with van der Waals surface area (Å²) in [6, 6.07) is 21.0. The summed E-state index contributed by atoms with van der Waals surface area (Å²) in [7, 11) is -0.513. The van der Waals surface area contributed by atoms with E-state index in [1.165, 1.54) is 10.6 Å². The standard InChI is InChI=1S/C21H21O2P/c1-17-12-13-18(16-17)21(22)23-14-15-24(19-8-4-2-5-9-19)20-10-6-3-7-11-20/h2-13,16,18H,14-15H2,1H3. The largest absolute Gasteiger partial charge is 0.465 e. The van der Waals surface area contributed by atoms with Gasteiger partial charge < -0.3 is 4.74 Å². The SMILES string of the molecule is CC1=CC(C(=O)OCCP(c2ccccc2)c2ccccc2)C=C1. The number of esters is 1. The van der Waals surface area contributed by atoms with Gasteiger partial charge in [0.2, 0.25) is 0 Å². The van der Waals surface area contributed by atoms with E-state index in [1.54, 1.807) is 0 Å². The maximum atomic E-state index is 12.1. The molecule has 0 saturated heterocycles. The molecule has 2 nitrogen and oxygen atoms in total. The first-order valence-electron chi connectivity index (χ1n) is 8.15. The van der Waals surface area contributed by atoms with E-state index in [9.17, 15) is 4.79 Å². The van der Waals surface area contributed by atoms with Crippen LogP contribution in [0.5, 0.6) is 0 Å². The quantitative estimate of drug-likeness (QED) is 0.592. The van der Waals surface area contributed by atoms with Crippen molar-refractivity contribution in [2.75, 3.05) is 12.8 Å². The van der Waals surface area contributed by atoms with E-state index in [0.717, 1.165) is 11.7 Å². The van der Waals surface area contributed by atoms with Gasteiger partial charge in [-0.1, -0.05) is 84.5 Å². The van der Waals surface area contributed by atoms with Crippen molar-refractivity contribution in [1.82, 2.24) is 0 Å². The van der Waals surface area contributed by atoms with E-state index in [1.807, 2.05) is 37.3 Å². The Kier molecular flexibility index (Phi) is 5.61. The van der Waals surface area contributed by atoms with Crippen molar-refractivity contribution in [3.05, 3.63) is 84.5 Å². The van der Waals surface area contributed by atoms with Crippen LogP contribution in [0, 0.1) is 5.92 Å². The molecule has 3 rings (SSSR count). The lowest BCUT2D eigenvalue weighted by Gasteiger charge is -2.19. The molecule has 2 aromatic carbocycles. The van der Waals surface area contributed by atoms with Crippen LogP contribution in [0.25, 0.3) is 0 Å². The van der Waals surface area contributed by atoms with E-state index in [0.29, 0.717) is 6.61 Å². The van der Waals surface area contributed by atoms with Gasteiger partial charge in [0.1, 0.15) is 0 Å². The van der Waals surface area contributed by atoms with E-state index < -0.39 is 7.92 Å². The van der Waals surface area contributed by atoms with Crippen LogP contribution in [0.3, 0.4) is 0 Å². The molecule has 0 amide bonds. The Morgan fingerprint density at radius 3 is 2.08 bits per heavy atom. The predicted octanol–water partition coefficient (Wildman–Crippen LogP) is 3.79. The van der Waals surface area contributed by atoms with Gasteiger partial charge in [-0.3, -0.25) is 4.79 Å². The van der Waals surface area contributed by atoms with Gasteiger partial charge in [-0.15, -0.1) is 0 Å². The van der Waals surface area contributed by atoms with Crippen LogP contribution in [-0.2, 0) is 9.53 Å². The summed E-state index contributed by atoms with van der Waals surface area (Å²) in [5, 5.41) is 2.62. The van der Waals surface area contributed by atoms with Crippen LogP contribution in [0.1, 0.15) is 6.92 Å². The number of allylic oxidation sites excluding steroid dienone is 2. The third kappa shape index (κ3) is 4.21. The van der Waals surface area contributed by atoms with Gasteiger partial charge in [0, 0.05) is 6.16 Å². The molecular weight excluding hydrogens is 315 g/mol. The van der Waals surface area contributed by atoms with Gasteiger partial charge in [-0.05, 0) is 25.5 Å². The number of carbonyl (C=O) groups is 1. The maximum Gasteiger partial charge on any atom is 0.316 e. The molecule has 3 heteroatoms. The number of carbonyl (C=O) groups excluding carboxylic acids is 1. The molecule has 0 aromatic heterocycles. The van der Waals surface area contributed by atoms with Crippen molar-refractivity contribution >= 4 is 24.5 Å². The molecule has 0 radical (unpaired) electrons. The second-order valence-electron chi connectivity index (χ2n) is 5.79. The van der Waals surface area contributed by atoms with Gasteiger partial charge in [0.25, 0.3) is 0 Å². The molecule has 0 bridgehead atoms. The highest BCUT2D eigenvalue weighted by atomic mass is 31.1. The van der Waals surface area contributed by atoms with Gasteiger partial charge in [-0.25, -0.2) is 0 Å². The lowest BCUT2D eigenvalue weighted by molar-refractivity contribution is -0.144. The smallest absolute Gasteiger partial charge is 0.316 e. The highest BCUT2D eigenvalue weighted by Crippen LogP contribution is 2.33. The van der Waals surface area contributed by atoms with Gasteiger partial charge in [-0.2, -0.15) is 0 Å². The Balaban J connectivity index is 1.65. The third-order valence-corrected chi connectivity index (χ3v) is 6.45. The molecule has 122 valence electrons. The van der Waals surface area contributed by atoms with E-state index in [4.69, 9.17) is 4.74 Å². The lowest BCUT2D eigenvalue weighted by Crippen LogP contribution is -2.19. The van der Waals surface area contributed by atoms with Crippen LogP contribution < -0.4 is 10.6 Å². The van der Waals surface area contributed by atoms with Crippen molar-refractivity contribution in [2.24, 2.45) is 5.92 Å². The Morgan fingerprint density at radius 1 is 1.00 bits per heavy atom. The van der Waals surface area contributed by atoms with Gasteiger partial charge in [0.15, 0.2) is 0 Å². The molecule has 0 N–H and O–H groups in total. The van der Waals surface area contributed by atoms with Crippen molar-refractivity contribution < 1.29 is 9.53 Å². The minimum absolute atomic E-state index is 0.154. The molecule has 1 aliphatic carbocycles. The Hall–Kier alpha value is -2.18. The average molecular weight is 336 g/mol. The molecule has 0 aliphatic heterocycles. The number of ether oxygens (including phenoxy) is 1. The second kappa shape index (κ2) is 8.08. The lowest BCUT2D eigenvalue weighted by atomic mass is 10.2. The number of hydrogen-bond acceptors (Lipinski definition) is 2. The molecule has 1 aliphatic rings. The third-order valence-electron chi connectivity index (χ3n) is 3.98.